The zero-order valence-electron chi connectivity index (χ0n) is 14.4. The summed E-state index contributed by atoms with van der Waals surface area (Å²) in [5.74, 6) is 1.94. The van der Waals surface area contributed by atoms with Crippen LogP contribution in [0.3, 0.4) is 0 Å². The molecule has 0 aliphatic heterocycles. The van der Waals surface area contributed by atoms with Crippen LogP contribution in [0.2, 0.25) is 0 Å². The maximum atomic E-state index is 4.84. The maximum Gasteiger partial charge on any atom is 0.191 e. The SMILES string of the molecule is CCNC(=NCC1(C2CC2)CC1)NCCc1nc(C)c(C)s1.I. The molecule has 1 heterocycles. The normalized spacial score (nSPS) is 19.2. The zero-order valence-corrected chi connectivity index (χ0v) is 17.6. The molecule has 0 amide bonds. The lowest BCUT2D eigenvalue weighted by Crippen LogP contribution is -2.38. The molecule has 6 heteroatoms. The summed E-state index contributed by atoms with van der Waals surface area (Å²) in [5, 5.41) is 8.05. The van der Waals surface area contributed by atoms with Crippen LogP contribution in [0.25, 0.3) is 0 Å². The molecule has 0 radical (unpaired) electrons. The van der Waals surface area contributed by atoms with Gasteiger partial charge in [0.05, 0.1) is 10.7 Å². The quantitative estimate of drug-likeness (QED) is 0.380. The predicted octanol–water partition coefficient (Wildman–Crippen LogP) is 3.67. The average Bonchev–Trinajstić information content (AvgIpc) is 3.36. The molecule has 2 saturated carbocycles. The minimum Gasteiger partial charge on any atom is -0.357 e. The van der Waals surface area contributed by atoms with Gasteiger partial charge in [-0.1, -0.05) is 0 Å². The molecule has 0 atom stereocenters. The molecule has 4 nitrogen and oxygen atoms in total. The van der Waals surface area contributed by atoms with Crippen molar-refractivity contribution in [1.82, 2.24) is 15.6 Å². The van der Waals surface area contributed by atoms with E-state index >= 15 is 0 Å². The second kappa shape index (κ2) is 8.14. The van der Waals surface area contributed by atoms with Crippen LogP contribution in [0, 0.1) is 25.2 Å². The number of halogens is 1. The minimum atomic E-state index is 0. The Hall–Kier alpha value is -0.370. The van der Waals surface area contributed by atoms with E-state index in [1.807, 2.05) is 11.3 Å². The summed E-state index contributed by atoms with van der Waals surface area (Å²) in [5.41, 5.74) is 1.74. The highest BCUT2D eigenvalue weighted by molar-refractivity contribution is 14.0. The number of hydrogen-bond donors (Lipinski definition) is 2. The summed E-state index contributed by atoms with van der Waals surface area (Å²) >= 11 is 1.81. The highest BCUT2D eigenvalue weighted by Crippen LogP contribution is 2.61. The van der Waals surface area contributed by atoms with Crippen LogP contribution in [0.5, 0.6) is 0 Å². The lowest BCUT2D eigenvalue weighted by Gasteiger charge is -2.14. The van der Waals surface area contributed by atoms with E-state index < -0.39 is 0 Å². The van der Waals surface area contributed by atoms with Crippen molar-refractivity contribution in [1.29, 1.82) is 0 Å². The smallest absolute Gasteiger partial charge is 0.191 e. The van der Waals surface area contributed by atoms with Gasteiger partial charge in [-0.2, -0.15) is 0 Å². The maximum absolute atomic E-state index is 4.84. The van der Waals surface area contributed by atoms with E-state index in [-0.39, 0.29) is 24.0 Å². The molecule has 1 aromatic heterocycles. The molecule has 0 unspecified atom stereocenters. The van der Waals surface area contributed by atoms with Gasteiger partial charge < -0.3 is 10.6 Å². The number of nitrogens with zero attached hydrogens (tertiary/aromatic N) is 2. The molecular formula is C17H29IN4S. The van der Waals surface area contributed by atoms with Crippen LogP contribution in [0.4, 0.5) is 0 Å². The number of rotatable bonds is 7. The predicted molar refractivity (Wildman–Crippen MR) is 109 cm³/mol. The summed E-state index contributed by atoms with van der Waals surface area (Å²) in [7, 11) is 0. The number of nitrogens with one attached hydrogen (secondary N) is 2. The monoisotopic (exact) mass is 448 g/mol. The van der Waals surface area contributed by atoms with E-state index in [2.05, 4.69) is 36.4 Å². The summed E-state index contributed by atoms with van der Waals surface area (Å²) < 4.78 is 0. The summed E-state index contributed by atoms with van der Waals surface area (Å²) in [6.45, 7) is 9.16. The van der Waals surface area contributed by atoms with Crippen molar-refractivity contribution in [3.05, 3.63) is 15.6 Å². The van der Waals surface area contributed by atoms with Crippen LogP contribution in [0.15, 0.2) is 4.99 Å². The van der Waals surface area contributed by atoms with E-state index in [4.69, 9.17) is 4.99 Å². The van der Waals surface area contributed by atoms with Gasteiger partial charge in [0, 0.05) is 30.9 Å². The molecule has 0 bridgehead atoms. The topological polar surface area (TPSA) is 49.3 Å². The Bertz CT molecular complexity index is 527. The third kappa shape index (κ3) is 5.05. The number of guanidine groups is 1. The Labute approximate surface area is 161 Å². The highest BCUT2D eigenvalue weighted by atomic mass is 127. The van der Waals surface area contributed by atoms with E-state index in [0.29, 0.717) is 5.41 Å². The van der Waals surface area contributed by atoms with Gasteiger partial charge in [0.25, 0.3) is 0 Å². The first kappa shape index (κ1) is 19.0. The van der Waals surface area contributed by atoms with Gasteiger partial charge in [-0.05, 0) is 57.8 Å². The number of thiazole rings is 1. The Morgan fingerprint density at radius 3 is 2.57 bits per heavy atom. The molecule has 2 aliphatic rings. The standard InChI is InChI=1S/C17H28N4S.HI/c1-4-18-16(20-11-17(8-9-17)14-5-6-14)19-10-7-15-21-12(2)13(3)22-15;/h14H,4-11H2,1-3H3,(H2,18,19,20);1H. The number of hydrogen-bond acceptors (Lipinski definition) is 3. The molecule has 2 N–H and O–H groups in total. The van der Waals surface area contributed by atoms with Gasteiger partial charge >= 0.3 is 0 Å². The third-order valence-electron chi connectivity index (χ3n) is 4.94. The second-order valence-corrected chi connectivity index (χ2v) is 8.05. The van der Waals surface area contributed by atoms with Crippen LogP contribution < -0.4 is 10.6 Å². The summed E-state index contributed by atoms with van der Waals surface area (Å²) in [4.78, 5) is 10.8. The molecule has 130 valence electrons. The van der Waals surface area contributed by atoms with Crippen LogP contribution in [-0.4, -0.2) is 30.6 Å². The first-order valence-corrected chi connectivity index (χ1v) is 9.40. The van der Waals surface area contributed by atoms with E-state index in [9.17, 15) is 0 Å². The molecule has 2 aliphatic carbocycles. The summed E-state index contributed by atoms with van der Waals surface area (Å²) in [6, 6.07) is 0. The van der Waals surface area contributed by atoms with Gasteiger partial charge in [0.1, 0.15) is 0 Å². The van der Waals surface area contributed by atoms with Crippen molar-refractivity contribution in [3.8, 4) is 0 Å². The van der Waals surface area contributed by atoms with Crippen molar-refractivity contribution in [2.75, 3.05) is 19.6 Å². The molecule has 0 spiro atoms. The van der Waals surface area contributed by atoms with E-state index in [1.165, 1.54) is 41.3 Å². The largest absolute Gasteiger partial charge is 0.357 e. The Morgan fingerprint density at radius 1 is 1.30 bits per heavy atom. The fourth-order valence-electron chi connectivity index (χ4n) is 3.06. The van der Waals surface area contributed by atoms with Crippen molar-refractivity contribution in [2.45, 2.75) is 52.9 Å². The third-order valence-corrected chi connectivity index (χ3v) is 6.07. The Kier molecular flexibility index (Phi) is 6.71. The number of aliphatic imine (C=N–C) groups is 1. The number of aromatic nitrogens is 1. The lowest BCUT2D eigenvalue weighted by molar-refractivity contribution is 0.452. The molecule has 2 fully saturated rings. The van der Waals surface area contributed by atoms with Crippen LogP contribution in [-0.2, 0) is 6.42 Å². The van der Waals surface area contributed by atoms with Crippen molar-refractivity contribution >= 4 is 41.3 Å². The van der Waals surface area contributed by atoms with E-state index in [1.54, 1.807) is 0 Å². The zero-order chi connectivity index (χ0) is 15.6. The Morgan fingerprint density at radius 2 is 2.04 bits per heavy atom. The van der Waals surface area contributed by atoms with Gasteiger partial charge in [-0.3, -0.25) is 4.99 Å². The molecular weight excluding hydrogens is 419 g/mol. The molecule has 3 rings (SSSR count). The fraction of sp³-hybridized carbons (Fsp3) is 0.765. The first-order valence-electron chi connectivity index (χ1n) is 8.58. The average molecular weight is 448 g/mol. The second-order valence-electron chi connectivity index (χ2n) is 6.76. The van der Waals surface area contributed by atoms with Gasteiger partial charge in [-0.15, -0.1) is 35.3 Å². The van der Waals surface area contributed by atoms with Crippen molar-refractivity contribution in [3.63, 3.8) is 0 Å². The van der Waals surface area contributed by atoms with Crippen LogP contribution in [0.1, 0.15) is 48.2 Å². The summed E-state index contributed by atoms with van der Waals surface area (Å²) in [6.07, 6.45) is 6.61. The van der Waals surface area contributed by atoms with E-state index in [0.717, 1.165) is 37.9 Å². The van der Waals surface area contributed by atoms with Gasteiger partial charge in [0.2, 0.25) is 0 Å². The fourth-order valence-corrected chi connectivity index (χ4v) is 4.00. The molecule has 23 heavy (non-hydrogen) atoms. The molecule has 0 aromatic carbocycles. The lowest BCUT2D eigenvalue weighted by atomic mass is 10.0. The minimum absolute atomic E-state index is 0. The molecule has 0 saturated heterocycles. The molecule has 1 aromatic rings. The first-order chi connectivity index (χ1) is 10.6. The van der Waals surface area contributed by atoms with Crippen molar-refractivity contribution in [2.24, 2.45) is 16.3 Å². The Balaban J connectivity index is 0.00000192. The van der Waals surface area contributed by atoms with Gasteiger partial charge in [-0.25, -0.2) is 4.98 Å². The van der Waals surface area contributed by atoms with Crippen molar-refractivity contribution < 1.29 is 0 Å². The van der Waals surface area contributed by atoms with Gasteiger partial charge in [0.15, 0.2) is 5.96 Å². The number of aryl methyl sites for hydroxylation is 2. The van der Waals surface area contributed by atoms with Crippen LogP contribution >= 0.6 is 35.3 Å². The highest BCUT2D eigenvalue weighted by Gasteiger charge is 2.53.